The summed E-state index contributed by atoms with van der Waals surface area (Å²) in [5, 5.41) is 4.61. The minimum Gasteiger partial charge on any atom is -0.343 e. The van der Waals surface area contributed by atoms with Gasteiger partial charge >= 0.3 is 0 Å². The van der Waals surface area contributed by atoms with E-state index in [0.717, 1.165) is 11.0 Å². The van der Waals surface area contributed by atoms with Gasteiger partial charge in [-0.1, -0.05) is 22.0 Å². The maximum Gasteiger partial charge on any atom is 0.0494 e. The van der Waals surface area contributed by atoms with E-state index in [2.05, 4.69) is 63.9 Å². The van der Waals surface area contributed by atoms with Gasteiger partial charge in [-0.25, -0.2) is 0 Å². The van der Waals surface area contributed by atoms with Crippen LogP contribution in [-0.4, -0.2) is 11.6 Å². The first-order valence-corrected chi connectivity index (χ1v) is 6.42. The lowest BCUT2D eigenvalue weighted by atomic mass is 10.2. The molecule has 1 aromatic carbocycles. The van der Waals surface area contributed by atoms with Crippen molar-refractivity contribution in [3.63, 3.8) is 0 Å². The summed E-state index contributed by atoms with van der Waals surface area (Å²) in [5.41, 5.74) is 2.65. The number of aromatic nitrogens is 1. The first-order chi connectivity index (χ1) is 7.67. The van der Waals surface area contributed by atoms with Crippen molar-refractivity contribution in [2.45, 2.75) is 26.4 Å². The van der Waals surface area contributed by atoms with E-state index in [4.69, 9.17) is 0 Å². The van der Waals surface area contributed by atoms with E-state index in [0.29, 0.717) is 6.04 Å². The molecule has 3 heteroatoms. The molecule has 0 bridgehead atoms. The Morgan fingerprint density at radius 1 is 1.38 bits per heavy atom. The highest BCUT2D eigenvalue weighted by molar-refractivity contribution is 9.10. The quantitative estimate of drug-likeness (QED) is 0.907. The summed E-state index contributed by atoms with van der Waals surface area (Å²) in [5.74, 6) is 0. The number of benzene rings is 1. The topological polar surface area (TPSA) is 17.0 Å². The lowest BCUT2D eigenvalue weighted by Crippen LogP contribution is -2.16. The molecule has 0 radical (unpaired) electrons. The van der Waals surface area contributed by atoms with Crippen LogP contribution < -0.4 is 5.32 Å². The van der Waals surface area contributed by atoms with Crippen LogP contribution in [0.3, 0.4) is 0 Å². The molecule has 0 aliphatic heterocycles. The Hall–Kier alpha value is -0.800. The van der Waals surface area contributed by atoms with Crippen molar-refractivity contribution < 1.29 is 0 Å². The standard InChI is InChI=1S/C13H17BrN2/c1-4-16-12(9(2)15-3)7-10-5-6-11(14)8-13(10)16/h5-9,15H,4H2,1-3H3. The summed E-state index contributed by atoms with van der Waals surface area (Å²) < 4.78 is 3.50. The minimum absolute atomic E-state index is 0.381. The average molecular weight is 281 g/mol. The monoisotopic (exact) mass is 280 g/mol. The van der Waals surface area contributed by atoms with E-state index < -0.39 is 0 Å². The number of nitrogens with one attached hydrogen (secondary N) is 1. The number of halogens is 1. The summed E-state index contributed by atoms with van der Waals surface area (Å²) in [6.45, 7) is 5.38. The van der Waals surface area contributed by atoms with Gasteiger partial charge in [0, 0.05) is 28.3 Å². The Labute approximate surface area is 105 Å². The van der Waals surface area contributed by atoms with Gasteiger partial charge in [0.05, 0.1) is 0 Å². The highest BCUT2D eigenvalue weighted by Gasteiger charge is 2.12. The Morgan fingerprint density at radius 3 is 2.75 bits per heavy atom. The Morgan fingerprint density at radius 2 is 2.12 bits per heavy atom. The number of nitrogens with zero attached hydrogens (tertiary/aromatic N) is 1. The molecule has 1 unspecified atom stereocenters. The fourth-order valence-corrected chi connectivity index (χ4v) is 2.46. The van der Waals surface area contributed by atoms with Gasteiger partial charge in [0.1, 0.15) is 0 Å². The lowest BCUT2D eigenvalue weighted by Gasteiger charge is -2.14. The van der Waals surface area contributed by atoms with Gasteiger partial charge in [-0.2, -0.15) is 0 Å². The van der Waals surface area contributed by atoms with Gasteiger partial charge in [-0.05, 0) is 44.5 Å². The Balaban J connectivity index is 2.66. The zero-order chi connectivity index (χ0) is 11.7. The van der Waals surface area contributed by atoms with Crippen molar-refractivity contribution in [2.24, 2.45) is 0 Å². The van der Waals surface area contributed by atoms with Crippen molar-refractivity contribution in [1.29, 1.82) is 0 Å². The van der Waals surface area contributed by atoms with E-state index in [1.54, 1.807) is 0 Å². The zero-order valence-electron chi connectivity index (χ0n) is 9.92. The number of rotatable bonds is 3. The highest BCUT2D eigenvalue weighted by atomic mass is 79.9. The van der Waals surface area contributed by atoms with Crippen LogP contribution in [0.15, 0.2) is 28.7 Å². The molecule has 0 fully saturated rings. The van der Waals surface area contributed by atoms with E-state index >= 15 is 0 Å². The van der Waals surface area contributed by atoms with Crippen molar-refractivity contribution >= 4 is 26.8 Å². The average Bonchev–Trinajstić information content (AvgIpc) is 2.65. The first kappa shape index (κ1) is 11.7. The van der Waals surface area contributed by atoms with E-state index in [1.165, 1.54) is 16.6 Å². The lowest BCUT2D eigenvalue weighted by molar-refractivity contribution is 0.589. The molecular weight excluding hydrogens is 264 g/mol. The zero-order valence-corrected chi connectivity index (χ0v) is 11.5. The third kappa shape index (κ3) is 1.89. The fraction of sp³-hybridized carbons (Fsp3) is 0.385. The van der Waals surface area contributed by atoms with E-state index in [1.807, 2.05) is 7.05 Å². The van der Waals surface area contributed by atoms with Crippen LogP contribution in [0.5, 0.6) is 0 Å². The fourth-order valence-electron chi connectivity index (χ4n) is 2.11. The second-order valence-corrected chi connectivity index (χ2v) is 4.94. The molecule has 1 aromatic heterocycles. The molecule has 0 saturated heterocycles. The second kappa shape index (κ2) is 4.60. The Bertz CT molecular complexity index is 502. The van der Waals surface area contributed by atoms with Gasteiger partial charge in [0.25, 0.3) is 0 Å². The highest BCUT2D eigenvalue weighted by Crippen LogP contribution is 2.26. The maximum atomic E-state index is 3.53. The summed E-state index contributed by atoms with van der Waals surface area (Å²) in [6.07, 6.45) is 0. The number of hydrogen-bond acceptors (Lipinski definition) is 1. The van der Waals surface area contributed by atoms with Gasteiger partial charge in [0.15, 0.2) is 0 Å². The molecule has 0 amide bonds. The molecule has 0 saturated carbocycles. The molecule has 1 atom stereocenters. The van der Waals surface area contributed by atoms with Gasteiger partial charge in [0.2, 0.25) is 0 Å². The minimum atomic E-state index is 0.381. The molecule has 2 nitrogen and oxygen atoms in total. The second-order valence-electron chi connectivity index (χ2n) is 4.03. The predicted octanol–water partition coefficient (Wildman–Crippen LogP) is 3.70. The summed E-state index contributed by atoms with van der Waals surface area (Å²) in [7, 11) is 2.00. The van der Waals surface area contributed by atoms with Crippen LogP contribution in [0.2, 0.25) is 0 Å². The number of aryl methyl sites for hydroxylation is 1. The number of hydrogen-bond donors (Lipinski definition) is 1. The summed E-state index contributed by atoms with van der Waals surface area (Å²) >= 11 is 3.53. The van der Waals surface area contributed by atoms with Gasteiger partial charge in [-0.3, -0.25) is 0 Å². The molecule has 1 N–H and O–H groups in total. The molecule has 0 spiro atoms. The van der Waals surface area contributed by atoms with Crippen LogP contribution >= 0.6 is 15.9 Å². The summed E-state index contributed by atoms with van der Waals surface area (Å²) in [6, 6.07) is 9.09. The van der Waals surface area contributed by atoms with Crippen LogP contribution in [0, 0.1) is 0 Å². The van der Waals surface area contributed by atoms with Crippen molar-refractivity contribution in [1.82, 2.24) is 9.88 Å². The van der Waals surface area contributed by atoms with E-state index in [9.17, 15) is 0 Å². The molecular formula is C13H17BrN2. The van der Waals surface area contributed by atoms with E-state index in [-0.39, 0.29) is 0 Å². The van der Waals surface area contributed by atoms with Crippen molar-refractivity contribution in [2.75, 3.05) is 7.05 Å². The van der Waals surface area contributed by atoms with Crippen LogP contribution in [0.1, 0.15) is 25.6 Å². The smallest absolute Gasteiger partial charge is 0.0494 e. The third-order valence-corrected chi connectivity index (χ3v) is 3.58. The van der Waals surface area contributed by atoms with Gasteiger partial charge < -0.3 is 9.88 Å². The van der Waals surface area contributed by atoms with Crippen molar-refractivity contribution in [3.8, 4) is 0 Å². The molecule has 86 valence electrons. The SMILES string of the molecule is CCn1c(C(C)NC)cc2ccc(Br)cc21. The molecule has 2 aromatic rings. The summed E-state index contributed by atoms with van der Waals surface area (Å²) in [4.78, 5) is 0. The Kier molecular flexibility index (Phi) is 3.36. The molecule has 0 aliphatic rings. The first-order valence-electron chi connectivity index (χ1n) is 5.63. The predicted molar refractivity (Wildman–Crippen MR) is 72.8 cm³/mol. The third-order valence-electron chi connectivity index (χ3n) is 3.09. The maximum absolute atomic E-state index is 3.53. The van der Waals surface area contributed by atoms with Gasteiger partial charge in [-0.15, -0.1) is 0 Å². The van der Waals surface area contributed by atoms with Crippen molar-refractivity contribution in [3.05, 3.63) is 34.4 Å². The van der Waals surface area contributed by atoms with Crippen LogP contribution in [-0.2, 0) is 6.54 Å². The molecule has 16 heavy (non-hydrogen) atoms. The normalized spacial score (nSPS) is 13.2. The molecule has 1 heterocycles. The van der Waals surface area contributed by atoms with Crippen LogP contribution in [0.4, 0.5) is 0 Å². The molecule has 2 rings (SSSR count). The molecule has 0 aliphatic carbocycles. The largest absolute Gasteiger partial charge is 0.343 e. The number of fused-ring (bicyclic) bond motifs is 1. The van der Waals surface area contributed by atoms with Crippen LogP contribution in [0.25, 0.3) is 10.9 Å².